The summed E-state index contributed by atoms with van der Waals surface area (Å²) in [5, 5.41) is 0.961. The Labute approximate surface area is 110 Å². The van der Waals surface area contributed by atoms with Gasteiger partial charge in [0.2, 0.25) is 0 Å². The van der Waals surface area contributed by atoms with Crippen molar-refractivity contribution in [3.05, 3.63) is 33.8 Å². The van der Waals surface area contributed by atoms with Gasteiger partial charge in [0.25, 0.3) is 5.91 Å². The van der Waals surface area contributed by atoms with Crippen LogP contribution in [0.1, 0.15) is 16.8 Å². The lowest BCUT2D eigenvalue weighted by Gasteiger charge is -2.17. The van der Waals surface area contributed by atoms with E-state index in [9.17, 15) is 4.79 Å². The molecule has 0 spiro atoms. The van der Waals surface area contributed by atoms with E-state index in [1.807, 2.05) is 0 Å². The van der Waals surface area contributed by atoms with Crippen molar-refractivity contribution >= 4 is 29.1 Å². The zero-order valence-electron chi connectivity index (χ0n) is 9.33. The van der Waals surface area contributed by atoms with Crippen LogP contribution in [0.15, 0.2) is 18.2 Å². The minimum atomic E-state index is -0.0616. The third-order valence-corrected chi connectivity index (χ3v) is 3.63. The molecule has 1 aromatic carbocycles. The summed E-state index contributed by atoms with van der Waals surface area (Å²) in [7, 11) is 0. The van der Waals surface area contributed by atoms with E-state index in [1.54, 1.807) is 23.1 Å². The maximum atomic E-state index is 12.2. The molecule has 2 rings (SSSR count). The topological polar surface area (TPSA) is 46.3 Å². The lowest BCUT2D eigenvalue weighted by atomic mass is 10.1. The summed E-state index contributed by atoms with van der Waals surface area (Å²) in [6, 6.07) is 4.93. The van der Waals surface area contributed by atoms with E-state index in [-0.39, 0.29) is 5.91 Å². The summed E-state index contributed by atoms with van der Waals surface area (Å²) in [5.41, 5.74) is 6.07. The second-order valence-corrected chi connectivity index (χ2v) is 5.11. The van der Waals surface area contributed by atoms with E-state index < -0.39 is 0 Å². The minimum absolute atomic E-state index is 0.0616. The van der Waals surface area contributed by atoms with E-state index in [0.717, 1.165) is 13.0 Å². The molecule has 92 valence electrons. The molecular weight excluding hydrogens is 259 g/mol. The molecule has 0 radical (unpaired) electrons. The standard InChI is InChI=1S/C12H14Cl2N2O/c13-9-1-2-11(14)10(5-9)12(17)16-4-3-8(6-15)7-16/h1-2,5,8H,3-4,6-7,15H2/t8-/m1/s1. The van der Waals surface area contributed by atoms with Gasteiger partial charge in [0.05, 0.1) is 10.6 Å². The van der Waals surface area contributed by atoms with Crippen molar-refractivity contribution in [1.29, 1.82) is 0 Å². The normalized spacial score (nSPS) is 19.7. The highest BCUT2D eigenvalue weighted by Crippen LogP contribution is 2.24. The number of likely N-dealkylation sites (tertiary alicyclic amines) is 1. The predicted octanol–water partition coefficient (Wildman–Crippen LogP) is 2.41. The summed E-state index contributed by atoms with van der Waals surface area (Å²) in [5.74, 6) is 0.338. The lowest BCUT2D eigenvalue weighted by molar-refractivity contribution is 0.0788. The molecule has 3 nitrogen and oxygen atoms in total. The van der Waals surface area contributed by atoms with Gasteiger partial charge >= 0.3 is 0 Å². The zero-order chi connectivity index (χ0) is 12.4. The highest BCUT2D eigenvalue weighted by Gasteiger charge is 2.27. The Hall–Kier alpha value is -0.770. The van der Waals surface area contributed by atoms with Crippen molar-refractivity contribution in [3.8, 4) is 0 Å². The quantitative estimate of drug-likeness (QED) is 0.899. The molecule has 0 saturated carbocycles. The van der Waals surface area contributed by atoms with Gasteiger partial charge in [-0.3, -0.25) is 4.79 Å². The summed E-state index contributed by atoms with van der Waals surface area (Å²) in [4.78, 5) is 14.0. The molecule has 2 N–H and O–H groups in total. The molecule has 1 aliphatic heterocycles. The Morgan fingerprint density at radius 1 is 1.47 bits per heavy atom. The number of nitrogens with two attached hydrogens (primary N) is 1. The summed E-state index contributed by atoms with van der Waals surface area (Å²) in [6.07, 6.45) is 0.959. The van der Waals surface area contributed by atoms with Crippen LogP contribution in [0.2, 0.25) is 10.0 Å². The van der Waals surface area contributed by atoms with E-state index in [1.165, 1.54) is 0 Å². The first-order valence-electron chi connectivity index (χ1n) is 5.56. The molecule has 5 heteroatoms. The Morgan fingerprint density at radius 3 is 2.88 bits per heavy atom. The highest BCUT2D eigenvalue weighted by molar-refractivity contribution is 6.35. The van der Waals surface area contributed by atoms with Gasteiger partial charge in [0.1, 0.15) is 0 Å². The van der Waals surface area contributed by atoms with Gasteiger partial charge in [-0.15, -0.1) is 0 Å². The van der Waals surface area contributed by atoms with Gasteiger partial charge in [-0.2, -0.15) is 0 Å². The van der Waals surface area contributed by atoms with E-state index in [2.05, 4.69) is 0 Å². The molecule has 0 aliphatic carbocycles. The van der Waals surface area contributed by atoms with Crippen LogP contribution in [-0.4, -0.2) is 30.4 Å². The molecule has 1 aliphatic rings. The highest BCUT2D eigenvalue weighted by atomic mass is 35.5. The average molecular weight is 273 g/mol. The number of nitrogens with zero attached hydrogens (tertiary/aromatic N) is 1. The number of rotatable bonds is 2. The van der Waals surface area contributed by atoms with Crippen LogP contribution in [0.5, 0.6) is 0 Å². The lowest BCUT2D eigenvalue weighted by Crippen LogP contribution is -2.30. The second-order valence-electron chi connectivity index (χ2n) is 4.27. The van der Waals surface area contributed by atoms with Gasteiger partial charge in [0.15, 0.2) is 0 Å². The van der Waals surface area contributed by atoms with Crippen LogP contribution in [0.4, 0.5) is 0 Å². The summed E-state index contributed by atoms with van der Waals surface area (Å²) < 4.78 is 0. The fourth-order valence-electron chi connectivity index (χ4n) is 2.04. The number of carbonyl (C=O) groups is 1. The number of amides is 1. The van der Waals surface area contributed by atoms with Gasteiger partial charge in [-0.05, 0) is 37.1 Å². The van der Waals surface area contributed by atoms with Crippen LogP contribution in [0.25, 0.3) is 0 Å². The maximum Gasteiger partial charge on any atom is 0.255 e. The molecule has 1 atom stereocenters. The Bertz CT molecular complexity index is 437. The number of carbonyl (C=O) groups excluding carboxylic acids is 1. The summed E-state index contributed by atoms with van der Waals surface area (Å²) >= 11 is 11.9. The van der Waals surface area contributed by atoms with Crippen molar-refractivity contribution in [2.75, 3.05) is 19.6 Å². The third-order valence-electron chi connectivity index (χ3n) is 3.07. The van der Waals surface area contributed by atoms with Crippen LogP contribution in [0, 0.1) is 5.92 Å². The largest absolute Gasteiger partial charge is 0.338 e. The first-order valence-corrected chi connectivity index (χ1v) is 6.32. The van der Waals surface area contributed by atoms with Crippen LogP contribution < -0.4 is 5.73 Å². The molecular formula is C12H14Cl2N2O. The van der Waals surface area contributed by atoms with Crippen molar-refractivity contribution in [1.82, 2.24) is 4.90 Å². The minimum Gasteiger partial charge on any atom is -0.338 e. The van der Waals surface area contributed by atoms with Gasteiger partial charge in [-0.1, -0.05) is 23.2 Å². The summed E-state index contributed by atoms with van der Waals surface area (Å²) in [6.45, 7) is 2.06. The van der Waals surface area contributed by atoms with Crippen LogP contribution >= 0.6 is 23.2 Å². The SMILES string of the molecule is NC[C@H]1CCN(C(=O)c2cc(Cl)ccc2Cl)C1. The molecule has 0 aromatic heterocycles. The van der Waals surface area contributed by atoms with Crippen molar-refractivity contribution < 1.29 is 4.79 Å². The van der Waals surface area contributed by atoms with E-state index >= 15 is 0 Å². The second kappa shape index (κ2) is 5.25. The van der Waals surface area contributed by atoms with Crippen molar-refractivity contribution in [2.45, 2.75) is 6.42 Å². The van der Waals surface area contributed by atoms with Gasteiger partial charge in [0, 0.05) is 18.1 Å². The molecule has 1 saturated heterocycles. The van der Waals surface area contributed by atoms with Crippen LogP contribution in [-0.2, 0) is 0 Å². The molecule has 1 amide bonds. The van der Waals surface area contributed by atoms with E-state index in [0.29, 0.717) is 34.6 Å². The molecule has 1 aromatic rings. The Morgan fingerprint density at radius 2 is 2.24 bits per heavy atom. The molecule has 17 heavy (non-hydrogen) atoms. The molecule has 1 heterocycles. The third kappa shape index (κ3) is 2.73. The fraction of sp³-hybridized carbons (Fsp3) is 0.417. The molecule has 1 fully saturated rings. The van der Waals surface area contributed by atoms with E-state index in [4.69, 9.17) is 28.9 Å². The average Bonchev–Trinajstić information content (AvgIpc) is 2.80. The Kier molecular flexibility index (Phi) is 3.92. The smallest absolute Gasteiger partial charge is 0.255 e. The first-order chi connectivity index (χ1) is 8.11. The molecule has 0 unspecified atom stereocenters. The predicted molar refractivity (Wildman–Crippen MR) is 69.5 cm³/mol. The maximum absolute atomic E-state index is 12.2. The Balaban J connectivity index is 2.17. The number of benzene rings is 1. The number of hydrogen-bond donors (Lipinski definition) is 1. The fourth-order valence-corrected chi connectivity index (χ4v) is 2.41. The number of halogens is 2. The van der Waals surface area contributed by atoms with Gasteiger partial charge in [-0.25, -0.2) is 0 Å². The molecule has 0 bridgehead atoms. The number of hydrogen-bond acceptors (Lipinski definition) is 2. The first kappa shape index (κ1) is 12.7. The van der Waals surface area contributed by atoms with Crippen molar-refractivity contribution in [2.24, 2.45) is 11.7 Å². The zero-order valence-corrected chi connectivity index (χ0v) is 10.8. The van der Waals surface area contributed by atoms with Gasteiger partial charge < -0.3 is 10.6 Å². The monoisotopic (exact) mass is 272 g/mol. The van der Waals surface area contributed by atoms with Crippen molar-refractivity contribution in [3.63, 3.8) is 0 Å². The van der Waals surface area contributed by atoms with Crippen LogP contribution in [0.3, 0.4) is 0 Å².